The minimum Gasteiger partial charge on any atom is -0.380 e. The average molecular weight is 390 g/mol. The van der Waals surface area contributed by atoms with Gasteiger partial charge < -0.3 is 9.47 Å². The smallest absolute Gasteiger partial charge is 0.219 e. The summed E-state index contributed by atoms with van der Waals surface area (Å²) in [6.07, 6.45) is 0.342. The van der Waals surface area contributed by atoms with Gasteiger partial charge in [-0.25, -0.2) is 8.42 Å². The zero-order valence-corrected chi connectivity index (χ0v) is 14.8. The van der Waals surface area contributed by atoms with Crippen molar-refractivity contribution in [3.8, 4) is 0 Å². The topological polar surface area (TPSA) is 55.8 Å². The van der Waals surface area contributed by atoms with Gasteiger partial charge in [0, 0.05) is 17.6 Å². The van der Waals surface area contributed by atoms with Crippen LogP contribution < -0.4 is 0 Å². The molecule has 0 aromatic heterocycles. The van der Waals surface area contributed by atoms with E-state index in [0.29, 0.717) is 32.8 Å². The zero-order valence-electron chi connectivity index (χ0n) is 12.4. The third-order valence-electron chi connectivity index (χ3n) is 4.34. The largest absolute Gasteiger partial charge is 0.380 e. The highest BCUT2D eigenvalue weighted by Gasteiger charge is 2.42. The summed E-state index contributed by atoms with van der Waals surface area (Å²) in [6.45, 7) is 3.57. The molecule has 0 bridgehead atoms. The van der Waals surface area contributed by atoms with Gasteiger partial charge in [-0.2, -0.15) is 4.31 Å². The lowest BCUT2D eigenvalue weighted by Gasteiger charge is -2.39. The lowest BCUT2D eigenvalue weighted by atomic mass is 10.0. The van der Waals surface area contributed by atoms with E-state index >= 15 is 0 Å². The summed E-state index contributed by atoms with van der Waals surface area (Å²) in [5, 5.41) is -0.418. The van der Waals surface area contributed by atoms with E-state index in [4.69, 9.17) is 9.47 Å². The van der Waals surface area contributed by atoms with Crippen molar-refractivity contribution in [2.75, 3.05) is 26.4 Å². The molecule has 5 nitrogen and oxygen atoms in total. The molecule has 2 heterocycles. The van der Waals surface area contributed by atoms with Crippen molar-refractivity contribution in [2.24, 2.45) is 0 Å². The lowest BCUT2D eigenvalue weighted by molar-refractivity contribution is -0.0364. The Morgan fingerprint density at radius 3 is 2.59 bits per heavy atom. The predicted octanol–water partition coefficient (Wildman–Crippen LogP) is 2.33. The van der Waals surface area contributed by atoms with E-state index < -0.39 is 15.3 Å². The molecule has 0 amide bonds. The molecular weight excluding hydrogens is 370 g/mol. The number of nitrogens with zero attached hydrogens (tertiary/aromatic N) is 1. The molecule has 0 spiro atoms. The molecule has 22 heavy (non-hydrogen) atoms. The van der Waals surface area contributed by atoms with Crippen molar-refractivity contribution in [1.82, 2.24) is 4.31 Å². The van der Waals surface area contributed by atoms with Gasteiger partial charge in [-0.05, 0) is 31.0 Å². The normalized spacial score (nSPS) is 30.5. The number of sulfonamides is 1. The quantitative estimate of drug-likeness (QED) is 0.795. The van der Waals surface area contributed by atoms with Crippen LogP contribution in [0.5, 0.6) is 0 Å². The molecule has 1 unspecified atom stereocenters. The number of ether oxygens (including phenoxy) is 2. The van der Waals surface area contributed by atoms with Crippen LogP contribution >= 0.6 is 15.9 Å². The van der Waals surface area contributed by atoms with Gasteiger partial charge in [-0.1, -0.05) is 28.1 Å². The molecule has 2 saturated heterocycles. The fraction of sp³-hybridized carbons (Fsp3) is 0.600. The van der Waals surface area contributed by atoms with Crippen molar-refractivity contribution < 1.29 is 17.9 Å². The number of halogens is 1. The number of hydrogen-bond donors (Lipinski definition) is 0. The standard InChI is InChI=1S/C15H20BrNO4S/c1-11-15(12-2-4-13(16)5-3-12)21-9-7-17(11)22(18,19)14-6-8-20-10-14/h2-5,11,14-15H,6-10H2,1H3/t11-,14?,15+/m1/s1. The Balaban J connectivity index is 1.83. The van der Waals surface area contributed by atoms with Gasteiger partial charge in [0.25, 0.3) is 0 Å². The second kappa shape index (κ2) is 6.57. The van der Waals surface area contributed by atoms with Crippen LogP contribution in [0.2, 0.25) is 0 Å². The highest BCUT2D eigenvalue weighted by molar-refractivity contribution is 9.10. The highest BCUT2D eigenvalue weighted by Crippen LogP contribution is 2.32. The molecule has 3 rings (SSSR count). The third kappa shape index (κ3) is 3.10. The van der Waals surface area contributed by atoms with E-state index in [1.165, 1.54) is 0 Å². The van der Waals surface area contributed by atoms with Gasteiger partial charge in [0.1, 0.15) is 5.25 Å². The number of rotatable bonds is 3. The monoisotopic (exact) mass is 389 g/mol. The van der Waals surface area contributed by atoms with Crippen molar-refractivity contribution in [3.63, 3.8) is 0 Å². The SMILES string of the molecule is C[C@@H]1[C@@H](c2ccc(Br)cc2)OCCN1S(=O)(=O)C1CCOC1. The molecular formula is C15H20BrNO4S. The predicted molar refractivity (Wildman–Crippen MR) is 87.1 cm³/mol. The Morgan fingerprint density at radius 2 is 1.95 bits per heavy atom. The Labute approximate surface area is 139 Å². The van der Waals surface area contributed by atoms with Gasteiger partial charge in [0.2, 0.25) is 10.0 Å². The molecule has 0 saturated carbocycles. The maximum Gasteiger partial charge on any atom is 0.219 e. The fourth-order valence-electron chi connectivity index (χ4n) is 3.09. The molecule has 7 heteroatoms. The molecule has 2 aliphatic rings. The van der Waals surface area contributed by atoms with Crippen LogP contribution in [0.15, 0.2) is 28.7 Å². The van der Waals surface area contributed by atoms with Crippen molar-refractivity contribution in [2.45, 2.75) is 30.7 Å². The Hall–Kier alpha value is -0.470. The van der Waals surface area contributed by atoms with E-state index in [1.54, 1.807) is 4.31 Å². The Morgan fingerprint density at radius 1 is 1.23 bits per heavy atom. The van der Waals surface area contributed by atoms with Crippen LogP contribution in [0.1, 0.15) is 25.0 Å². The van der Waals surface area contributed by atoms with Gasteiger partial charge in [-0.15, -0.1) is 0 Å². The van der Waals surface area contributed by atoms with Crippen LogP contribution in [0.4, 0.5) is 0 Å². The summed E-state index contributed by atoms with van der Waals surface area (Å²) in [5.41, 5.74) is 0.998. The minimum atomic E-state index is -3.34. The first-order valence-corrected chi connectivity index (χ1v) is 9.75. The second-order valence-corrected chi connectivity index (χ2v) is 8.81. The molecule has 0 radical (unpaired) electrons. The lowest BCUT2D eigenvalue weighted by Crippen LogP contribution is -2.51. The van der Waals surface area contributed by atoms with E-state index in [2.05, 4.69) is 15.9 Å². The maximum atomic E-state index is 12.8. The zero-order chi connectivity index (χ0) is 15.7. The van der Waals surface area contributed by atoms with Crippen molar-refractivity contribution >= 4 is 26.0 Å². The molecule has 2 fully saturated rings. The van der Waals surface area contributed by atoms with Crippen LogP contribution in [0.3, 0.4) is 0 Å². The molecule has 2 aliphatic heterocycles. The van der Waals surface area contributed by atoms with E-state index in [0.717, 1.165) is 10.0 Å². The minimum absolute atomic E-state index is 0.222. The summed E-state index contributed by atoms with van der Waals surface area (Å²) in [4.78, 5) is 0. The average Bonchev–Trinajstić information content (AvgIpc) is 3.03. The molecule has 122 valence electrons. The first-order valence-electron chi connectivity index (χ1n) is 7.45. The van der Waals surface area contributed by atoms with Gasteiger partial charge in [0.05, 0.1) is 25.4 Å². The van der Waals surface area contributed by atoms with Crippen LogP contribution in [-0.2, 0) is 19.5 Å². The second-order valence-electron chi connectivity index (χ2n) is 5.72. The van der Waals surface area contributed by atoms with Crippen LogP contribution in [0, 0.1) is 0 Å². The number of hydrogen-bond acceptors (Lipinski definition) is 4. The fourth-order valence-corrected chi connectivity index (χ4v) is 5.30. The van der Waals surface area contributed by atoms with E-state index in [1.807, 2.05) is 31.2 Å². The molecule has 1 aromatic carbocycles. The van der Waals surface area contributed by atoms with Crippen molar-refractivity contribution in [3.05, 3.63) is 34.3 Å². The van der Waals surface area contributed by atoms with E-state index in [9.17, 15) is 8.42 Å². The third-order valence-corrected chi connectivity index (χ3v) is 7.25. The summed E-state index contributed by atoms with van der Waals surface area (Å²) >= 11 is 3.41. The Kier molecular flexibility index (Phi) is 4.89. The first-order chi connectivity index (χ1) is 10.5. The summed E-state index contributed by atoms with van der Waals surface area (Å²) in [5.74, 6) is 0. The molecule has 1 aromatic rings. The van der Waals surface area contributed by atoms with Crippen molar-refractivity contribution in [1.29, 1.82) is 0 Å². The Bertz CT molecular complexity index is 613. The van der Waals surface area contributed by atoms with Gasteiger partial charge in [0.15, 0.2) is 0 Å². The number of benzene rings is 1. The summed E-state index contributed by atoms with van der Waals surface area (Å²) in [7, 11) is -3.34. The molecule has 0 N–H and O–H groups in total. The van der Waals surface area contributed by atoms with Gasteiger partial charge >= 0.3 is 0 Å². The maximum absolute atomic E-state index is 12.8. The molecule has 0 aliphatic carbocycles. The highest BCUT2D eigenvalue weighted by atomic mass is 79.9. The molecule has 3 atom stereocenters. The van der Waals surface area contributed by atoms with Gasteiger partial charge in [-0.3, -0.25) is 0 Å². The van der Waals surface area contributed by atoms with Crippen LogP contribution in [-0.4, -0.2) is 50.4 Å². The number of morpholine rings is 1. The first kappa shape index (κ1) is 16.4. The summed E-state index contributed by atoms with van der Waals surface area (Å²) < 4.78 is 39.3. The van der Waals surface area contributed by atoms with E-state index in [-0.39, 0.29) is 12.1 Å². The van der Waals surface area contributed by atoms with Crippen LogP contribution in [0.25, 0.3) is 0 Å². The summed E-state index contributed by atoms with van der Waals surface area (Å²) in [6, 6.07) is 7.62.